The topological polar surface area (TPSA) is 7.76 Å². The van der Waals surface area contributed by atoms with Gasteiger partial charge in [-0.2, -0.15) is 0 Å². The van der Waals surface area contributed by atoms with Crippen molar-refractivity contribution in [2.45, 2.75) is 78.3 Å². The molecule has 0 N–H and O–H groups in total. The van der Waals surface area contributed by atoms with Gasteiger partial charge >= 0.3 is 0 Å². The van der Waals surface area contributed by atoms with E-state index in [2.05, 4.69) is 96.0 Å². The van der Waals surface area contributed by atoms with Crippen molar-refractivity contribution in [2.75, 3.05) is 0 Å². The van der Waals surface area contributed by atoms with Gasteiger partial charge in [0.25, 0.3) is 0 Å². The minimum Gasteiger partial charge on any atom is -1.00 e. The molecule has 32 heavy (non-hydrogen) atoms. The number of pyridine rings is 2. The molecule has 0 unspecified atom stereocenters. The lowest BCUT2D eigenvalue weighted by atomic mass is 10.0. The summed E-state index contributed by atoms with van der Waals surface area (Å²) in [6, 6.07) is 22.1. The molecule has 4 heteroatoms. The Hall–Kier alpha value is -1.52. The van der Waals surface area contributed by atoms with E-state index >= 15 is 0 Å². The molecule has 1 aromatic carbocycles. The average Bonchev–Trinajstić information content (AvgIpc) is 2.76. The lowest BCUT2D eigenvalue weighted by Gasteiger charge is -2.06. The second-order valence-electron chi connectivity index (χ2n) is 8.51. The molecule has 174 valence electrons. The number of hydrogen-bond donors (Lipinski definition) is 0. The monoisotopic (exact) mass is 560 g/mol. The molecular formula is C28H38Br2N2. The molecule has 0 aliphatic carbocycles. The van der Waals surface area contributed by atoms with Crippen molar-refractivity contribution in [1.29, 1.82) is 0 Å². The molecule has 0 fully saturated rings. The highest BCUT2D eigenvalue weighted by Crippen LogP contribution is 2.13. The molecule has 0 aliphatic rings. The van der Waals surface area contributed by atoms with Crippen LogP contribution in [0.1, 0.15) is 61.0 Å². The highest BCUT2D eigenvalue weighted by Gasteiger charge is 2.05. The third kappa shape index (κ3) is 9.95. The zero-order valence-corrected chi connectivity index (χ0v) is 22.8. The third-order valence-corrected chi connectivity index (χ3v) is 6.06. The van der Waals surface area contributed by atoms with Gasteiger partial charge in [-0.3, -0.25) is 0 Å². The largest absolute Gasteiger partial charge is 1.00 e. The molecule has 0 bridgehead atoms. The molecule has 0 saturated heterocycles. The summed E-state index contributed by atoms with van der Waals surface area (Å²) in [6.45, 7) is 6.64. The number of nitrogens with zero attached hydrogens (tertiary/aromatic N) is 2. The van der Waals surface area contributed by atoms with E-state index in [0.717, 1.165) is 13.1 Å². The molecule has 2 aromatic heterocycles. The first-order valence-electron chi connectivity index (χ1n) is 11.7. The number of aryl methyl sites for hydroxylation is 6. The van der Waals surface area contributed by atoms with E-state index < -0.39 is 0 Å². The van der Waals surface area contributed by atoms with Crippen LogP contribution < -0.4 is 43.1 Å². The number of benzene rings is 1. The quantitative estimate of drug-likeness (QED) is 0.212. The predicted molar refractivity (Wildman–Crippen MR) is 124 cm³/mol. The van der Waals surface area contributed by atoms with E-state index in [1.54, 1.807) is 0 Å². The molecule has 2 nitrogen and oxygen atoms in total. The van der Waals surface area contributed by atoms with Gasteiger partial charge in [0.05, 0.1) is 0 Å². The van der Waals surface area contributed by atoms with Gasteiger partial charge in [-0.15, -0.1) is 0 Å². The Bertz CT molecular complexity index is 840. The van der Waals surface area contributed by atoms with Crippen LogP contribution >= 0.6 is 0 Å². The van der Waals surface area contributed by atoms with Gasteiger partial charge < -0.3 is 34.0 Å². The van der Waals surface area contributed by atoms with Gasteiger partial charge in [0, 0.05) is 51.0 Å². The summed E-state index contributed by atoms with van der Waals surface area (Å²) in [6.07, 6.45) is 14.5. The van der Waals surface area contributed by atoms with E-state index in [9.17, 15) is 0 Å². The minimum atomic E-state index is 0. The number of halogens is 2. The second-order valence-corrected chi connectivity index (χ2v) is 8.51. The molecule has 0 aliphatic heterocycles. The molecule has 0 amide bonds. The molecule has 0 atom stereocenters. The van der Waals surface area contributed by atoms with Crippen molar-refractivity contribution in [3.63, 3.8) is 0 Å². The zero-order valence-electron chi connectivity index (χ0n) is 19.6. The molecule has 0 saturated carbocycles. The minimum absolute atomic E-state index is 0. The SMILES string of the molecule is Cc1cccc[n+]1CCCCCc1cccc(CCCCC[n+]2ccccc2C)c1.[Br-].[Br-]. The summed E-state index contributed by atoms with van der Waals surface area (Å²) >= 11 is 0. The smallest absolute Gasteiger partial charge is 0.178 e. The summed E-state index contributed by atoms with van der Waals surface area (Å²) in [4.78, 5) is 0. The predicted octanol–water partition coefficient (Wildman–Crippen LogP) is -0.288. The van der Waals surface area contributed by atoms with E-state index in [-0.39, 0.29) is 34.0 Å². The van der Waals surface area contributed by atoms with E-state index in [1.165, 1.54) is 73.9 Å². The van der Waals surface area contributed by atoms with Crippen molar-refractivity contribution in [3.8, 4) is 0 Å². The fraction of sp³-hybridized carbons (Fsp3) is 0.429. The first-order valence-corrected chi connectivity index (χ1v) is 11.7. The van der Waals surface area contributed by atoms with E-state index in [4.69, 9.17) is 0 Å². The van der Waals surface area contributed by atoms with Crippen molar-refractivity contribution in [2.24, 2.45) is 0 Å². The van der Waals surface area contributed by atoms with Gasteiger partial charge in [-0.1, -0.05) is 36.4 Å². The van der Waals surface area contributed by atoms with E-state index in [1.807, 2.05) is 0 Å². The summed E-state index contributed by atoms with van der Waals surface area (Å²) in [5, 5.41) is 0. The molecule has 3 aromatic rings. The Morgan fingerprint density at radius 3 is 1.44 bits per heavy atom. The van der Waals surface area contributed by atoms with Crippen LogP contribution in [0.2, 0.25) is 0 Å². The van der Waals surface area contributed by atoms with Gasteiger partial charge in [0.1, 0.15) is 13.1 Å². The van der Waals surface area contributed by atoms with Crippen LogP contribution in [0.25, 0.3) is 0 Å². The van der Waals surface area contributed by atoms with Crippen LogP contribution in [0.3, 0.4) is 0 Å². The molecule has 0 radical (unpaired) electrons. The lowest BCUT2D eigenvalue weighted by molar-refractivity contribution is -0.703. The Morgan fingerprint density at radius 2 is 1.00 bits per heavy atom. The highest BCUT2D eigenvalue weighted by molar-refractivity contribution is 5.23. The second kappa shape index (κ2) is 16.1. The van der Waals surface area contributed by atoms with Crippen LogP contribution in [0.4, 0.5) is 0 Å². The zero-order chi connectivity index (χ0) is 21.0. The van der Waals surface area contributed by atoms with Crippen molar-refractivity contribution >= 4 is 0 Å². The molecular weight excluding hydrogens is 524 g/mol. The third-order valence-electron chi connectivity index (χ3n) is 6.06. The highest BCUT2D eigenvalue weighted by atomic mass is 79.9. The van der Waals surface area contributed by atoms with E-state index in [0.29, 0.717) is 0 Å². The summed E-state index contributed by atoms with van der Waals surface area (Å²) in [5.41, 5.74) is 5.71. The van der Waals surface area contributed by atoms with Crippen molar-refractivity contribution in [1.82, 2.24) is 0 Å². The van der Waals surface area contributed by atoms with Crippen LogP contribution in [0.5, 0.6) is 0 Å². The molecule has 0 spiro atoms. The summed E-state index contributed by atoms with van der Waals surface area (Å²) in [7, 11) is 0. The maximum absolute atomic E-state index is 2.44. The number of rotatable bonds is 12. The Balaban J connectivity index is 0.00000256. The van der Waals surface area contributed by atoms with Gasteiger partial charge in [0.15, 0.2) is 23.8 Å². The summed E-state index contributed by atoms with van der Waals surface area (Å²) < 4.78 is 4.72. The molecule has 3 rings (SSSR count). The van der Waals surface area contributed by atoms with Crippen LogP contribution in [-0.4, -0.2) is 0 Å². The normalized spacial score (nSPS) is 10.3. The van der Waals surface area contributed by atoms with Crippen molar-refractivity contribution < 1.29 is 43.1 Å². The van der Waals surface area contributed by atoms with Crippen LogP contribution in [0, 0.1) is 13.8 Å². The Labute approximate surface area is 216 Å². The number of hydrogen-bond acceptors (Lipinski definition) is 0. The first-order chi connectivity index (χ1) is 14.7. The average molecular weight is 562 g/mol. The Kier molecular flexibility index (Phi) is 14.4. The maximum Gasteiger partial charge on any atom is 0.178 e. The van der Waals surface area contributed by atoms with Crippen LogP contribution in [0.15, 0.2) is 73.1 Å². The van der Waals surface area contributed by atoms with Gasteiger partial charge in [0.2, 0.25) is 0 Å². The summed E-state index contributed by atoms with van der Waals surface area (Å²) in [5.74, 6) is 0. The Morgan fingerprint density at radius 1 is 0.531 bits per heavy atom. The fourth-order valence-corrected chi connectivity index (χ4v) is 4.14. The van der Waals surface area contributed by atoms with Gasteiger partial charge in [-0.05, 0) is 49.7 Å². The lowest BCUT2D eigenvalue weighted by Crippen LogP contribution is -3.00. The number of aromatic nitrogens is 2. The van der Waals surface area contributed by atoms with Gasteiger partial charge in [-0.25, -0.2) is 9.13 Å². The van der Waals surface area contributed by atoms with Crippen molar-refractivity contribution in [3.05, 3.63) is 95.6 Å². The number of unbranched alkanes of at least 4 members (excludes halogenated alkanes) is 4. The molecule has 2 heterocycles. The standard InChI is InChI=1S/C28H38N2.2BrH/c1-25-14-7-11-22-29(25)20-9-3-5-16-27-18-13-19-28(24-27)17-6-4-10-21-30-23-12-8-15-26(30)2;;/h7-8,11-15,18-19,22-24H,3-6,9-10,16-17,20-21H2,1-2H3;2*1H/q+2;;/p-2. The fourth-order valence-electron chi connectivity index (χ4n) is 4.14. The first kappa shape index (κ1) is 28.5. The maximum atomic E-state index is 2.44. The van der Waals surface area contributed by atoms with Crippen LogP contribution in [-0.2, 0) is 25.9 Å².